The van der Waals surface area contributed by atoms with Gasteiger partial charge in [-0.1, -0.05) is 31.6 Å². The molecule has 126 valence electrons. The Morgan fingerprint density at radius 2 is 2.26 bits per heavy atom. The largest absolute Gasteiger partial charge is 0.377 e. The second-order valence-electron chi connectivity index (χ2n) is 7.51. The van der Waals surface area contributed by atoms with E-state index < -0.39 is 0 Å². The molecule has 1 aromatic rings. The van der Waals surface area contributed by atoms with E-state index in [-0.39, 0.29) is 17.5 Å². The second-order valence-corrected chi connectivity index (χ2v) is 8.57. The number of ether oxygens (including phenoxy) is 1. The quantitative estimate of drug-likeness (QED) is 0.886. The minimum Gasteiger partial charge on any atom is -0.377 e. The summed E-state index contributed by atoms with van der Waals surface area (Å²) >= 11 is 1.46. The number of nitrogens with one attached hydrogen (secondary N) is 2. The fourth-order valence-corrected chi connectivity index (χ4v) is 5.41. The fraction of sp³-hybridized carbons (Fsp3) is 0.812. The zero-order valence-electron chi connectivity index (χ0n) is 13.7. The molecule has 3 aliphatic rings. The van der Waals surface area contributed by atoms with Gasteiger partial charge in [0.25, 0.3) is 0 Å². The minimum atomic E-state index is -0.154. The van der Waals surface area contributed by atoms with Crippen LogP contribution in [0.3, 0.4) is 0 Å². The Hall–Kier alpha value is -1.21. The average molecular weight is 336 g/mol. The average Bonchev–Trinajstić information content (AvgIpc) is 3.02. The van der Waals surface area contributed by atoms with Crippen molar-refractivity contribution in [3.05, 3.63) is 5.01 Å². The van der Waals surface area contributed by atoms with Crippen LogP contribution in [0.1, 0.15) is 44.5 Å². The highest BCUT2D eigenvalue weighted by Gasteiger charge is 2.67. The molecule has 0 bridgehead atoms. The first-order valence-electron chi connectivity index (χ1n) is 8.60. The monoisotopic (exact) mass is 336 g/mol. The third-order valence-corrected chi connectivity index (χ3v) is 6.45. The van der Waals surface area contributed by atoms with Gasteiger partial charge in [0, 0.05) is 30.4 Å². The number of rotatable bonds is 4. The van der Waals surface area contributed by atoms with Crippen LogP contribution < -0.4 is 10.6 Å². The molecule has 1 spiro atoms. The Bertz CT molecular complexity index is 599. The number of nitrogens with zero attached hydrogens (tertiary/aromatic N) is 2. The van der Waals surface area contributed by atoms with Crippen LogP contribution in [-0.4, -0.2) is 35.0 Å². The molecule has 3 fully saturated rings. The molecule has 1 aromatic heterocycles. The van der Waals surface area contributed by atoms with E-state index in [2.05, 4.69) is 34.7 Å². The molecule has 23 heavy (non-hydrogen) atoms. The lowest BCUT2D eigenvalue weighted by Gasteiger charge is -2.63. The van der Waals surface area contributed by atoms with Crippen molar-refractivity contribution < 1.29 is 9.53 Å². The summed E-state index contributed by atoms with van der Waals surface area (Å²) in [7, 11) is 0. The van der Waals surface area contributed by atoms with Crippen molar-refractivity contribution >= 4 is 22.5 Å². The normalized spacial score (nSPS) is 30.7. The van der Waals surface area contributed by atoms with Crippen molar-refractivity contribution in [3.8, 4) is 0 Å². The molecule has 2 N–H and O–H groups in total. The van der Waals surface area contributed by atoms with Gasteiger partial charge >= 0.3 is 6.03 Å². The van der Waals surface area contributed by atoms with E-state index in [9.17, 15) is 4.79 Å². The van der Waals surface area contributed by atoms with Crippen molar-refractivity contribution in [2.24, 2.45) is 17.3 Å². The molecule has 2 amide bonds. The van der Waals surface area contributed by atoms with E-state index >= 15 is 0 Å². The second kappa shape index (κ2) is 5.70. The summed E-state index contributed by atoms with van der Waals surface area (Å²) in [5.74, 6) is 1.03. The van der Waals surface area contributed by atoms with Gasteiger partial charge in [0.1, 0.15) is 5.01 Å². The van der Waals surface area contributed by atoms with Crippen molar-refractivity contribution in [1.82, 2.24) is 15.5 Å². The Morgan fingerprint density at radius 3 is 2.96 bits per heavy atom. The van der Waals surface area contributed by atoms with Gasteiger partial charge in [0.05, 0.1) is 6.10 Å². The van der Waals surface area contributed by atoms with E-state index in [0.29, 0.717) is 23.1 Å². The molecule has 2 heterocycles. The molecule has 1 saturated heterocycles. The number of carbonyl (C=O) groups excluding carboxylic acids is 1. The zero-order chi connectivity index (χ0) is 16.0. The summed E-state index contributed by atoms with van der Waals surface area (Å²) in [5, 5.41) is 15.8. The summed E-state index contributed by atoms with van der Waals surface area (Å²) in [6.07, 6.45) is 5.94. The van der Waals surface area contributed by atoms with E-state index in [0.717, 1.165) is 24.5 Å². The van der Waals surface area contributed by atoms with Gasteiger partial charge in [-0.15, -0.1) is 10.2 Å². The number of aromatic nitrogens is 2. The van der Waals surface area contributed by atoms with Crippen LogP contribution in [-0.2, 0) is 11.2 Å². The molecule has 6 nitrogen and oxygen atoms in total. The maximum atomic E-state index is 12.3. The molecule has 1 aliphatic heterocycles. The number of carbonyl (C=O) groups is 1. The summed E-state index contributed by atoms with van der Waals surface area (Å²) in [6, 6.07) is 0.102. The maximum absolute atomic E-state index is 12.3. The van der Waals surface area contributed by atoms with Gasteiger partial charge in [-0.2, -0.15) is 0 Å². The Kier molecular flexibility index (Phi) is 3.80. The summed E-state index contributed by atoms with van der Waals surface area (Å²) in [5.41, 5.74) is 0.211. The highest BCUT2D eigenvalue weighted by atomic mass is 32.1. The number of amides is 2. The number of hydrogen-bond acceptors (Lipinski definition) is 5. The van der Waals surface area contributed by atoms with Gasteiger partial charge in [-0.25, -0.2) is 4.79 Å². The minimum absolute atomic E-state index is 0.154. The molecule has 7 heteroatoms. The highest BCUT2D eigenvalue weighted by molar-refractivity contribution is 7.15. The Balaban J connectivity index is 1.36. The lowest BCUT2D eigenvalue weighted by atomic mass is 9.46. The lowest BCUT2D eigenvalue weighted by Crippen LogP contribution is -2.72. The Morgan fingerprint density at radius 1 is 1.43 bits per heavy atom. The predicted molar refractivity (Wildman–Crippen MR) is 88.5 cm³/mol. The smallest absolute Gasteiger partial charge is 0.321 e. The van der Waals surface area contributed by atoms with Crippen molar-refractivity contribution in [3.63, 3.8) is 0 Å². The fourth-order valence-electron chi connectivity index (χ4n) is 4.47. The molecule has 0 aromatic carbocycles. The molecule has 2 saturated carbocycles. The van der Waals surface area contributed by atoms with Gasteiger partial charge < -0.3 is 10.1 Å². The van der Waals surface area contributed by atoms with Crippen molar-refractivity contribution in [1.29, 1.82) is 0 Å². The molecule has 3 atom stereocenters. The number of fused-ring (bicyclic) bond motifs is 2. The summed E-state index contributed by atoms with van der Waals surface area (Å²) in [4.78, 5) is 12.3. The highest BCUT2D eigenvalue weighted by Crippen LogP contribution is 2.62. The van der Waals surface area contributed by atoms with Crippen molar-refractivity contribution in [2.45, 2.75) is 58.1 Å². The molecular formula is C16H24N4O2S. The molecular weight excluding hydrogens is 312 g/mol. The van der Waals surface area contributed by atoms with Crippen LogP contribution in [0.5, 0.6) is 0 Å². The van der Waals surface area contributed by atoms with E-state index in [1.807, 2.05) is 0 Å². The third kappa shape index (κ3) is 2.54. The zero-order valence-corrected chi connectivity index (χ0v) is 14.5. The predicted octanol–water partition coefficient (Wildman–Crippen LogP) is 2.82. The maximum Gasteiger partial charge on any atom is 0.321 e. The van der Waals surface area contributed by atoms with Crippen LogP contribution in [0, 0.1) is 17.3 Å². The van der Waals surface area contributed by atoms with E-state index in [1.54, 1.807) is 0 Å². The summed E-state index contributed by atoms with van der Waals surface area (Å²) in [6.45, 7) is 5.14. The molecule has 0 radical (unpaired) electrons. The molecule has 3 unspecified atom stereocenters. The Labute approximate surface area is 140 Å². The first-order chi connectivity index (χ1) is 11.1. The third-order valence-electron chi connectivity index (χ3n) is 5.59. The number of urea groups is 1. The first-order valence-corrected chi connectivity index (χ1v) is 9.42. The molecule has 4 rings (SSSR count). The van der Waals surface area contributed by atoms with Crippen molar-refractivity contribution in [2.75, 3.05) is 11.9 Å². The van der Waals surface area contributed by atoms with Gasteiger partial charge in [0.2, 0.25) is 5.13 Å². The van der Waals surface area contributed by atoms with Crippen LogP contribution in [0.2, 0.25) is 0 Å². The molecule has 2 aliphatic carbocycles. The van der Waals surface area contributed by atoms with Crippen LogP contribution >= 0.6 is 11.3 Å². The number of hydrogen-bond donors (Lipinski definition) is 2. The first kappa shape index (κ1) is 15.3. The van der Waals surface area contributed by atoms with Crippen LogP contribution in [0.4, 0.5) is 9.93 Å². The standard InChI is InChI=1S/C16H24N4O2S/c1-9(2)8-11-19-20-15(23-11)18-14(21)17-12-10-4-7-22-13(10)16(12)5-3-6-16/h9-10,12-13H,3-8H2,1-2H3,(H2,17,18,20,21). The summed E-state index contributed by atoms with van der Waals surface area (Å²) < 4.78 is 5.89. The van der Waals surface area contributed by atoms with E-state index in [4.69, 9.17) is 4.74 Å². The lowest BCUT2D eigenvalue weighted by molar-refractivity contribution is -0.171. The van der Waals surface area contributed by atoms with E-state index in [1.165, 1.54) is 30.6 Å². The van der Waals surface area contributed by atoms with Gasteiger partial charge in [0.15, 0.2) is 0 Å². The van der Waals surface area contributed by atoms with Crippen LogP contribution in [0.25, 0.3) is 0 Å². The van der Waals surface area contributed by atoms with Gasteiger partial charge in [-0.3, -0.25) is 5.32 Å². The SMILES string of the molecule is CC(C)Cc1nnc(NC(=O)NC2C3CCOC3C23CCC3)s1. The van der Waals surface area contributed by atoms with Gasteiger partial charge in [-0.05, 0) is 25.2 Å². The number of anilines is 1. The van der Waals surface area contributed by atoms with Crippen LogP contribution in [0.15, 0.2) is 0 Å². The topological polar surface area (TPSA) is 76.1 Å².